The quantitative estimate of drug-likeness (QED) is 0.449. The first kappa shape index (κ1) is 15.0. The zero-order valence-electron chi connectivity index (χ0n) is 10.3. The summed E-state index contributed by atoms with van der Waals surface area (Å²) in [5.74, 6) is 0.800. The van der Waals surface area contributed by atoms with Crippen LogP contribution in [0.2, 0.25) is 0 Å². The Hall–Kier alpha value is -2.04. The largest absolute Gasteiger partial charge is 0.493 e. The average Bonchev–Trinajstić information content (AvgIpc) is 2.38. The van der Waals surface area contributed by atoms with Gasteiger partial charge < -0.3 is 9.47 Å². The molecule has 0 fully saturated rings. The zero-order valence-corrected chi connectivity index (χ0v) is 10.3. The summed E-state index contributed by atoms with van der Waals surface area (Å²) < 4.78 is 10.2. The molecule has 0 aromatic heterocycles. The lowest BCUT2D eigenvalue weighted by atomic mass is 10.3. The van der Waals surface area contributed by atoms with Gasteiger partial charge in [0.15, 0.2) is 11.5 Å². The predicted molar refractivity (Wildman–Crippen MR) is 66.7 cm³/mol. The van der Waals surface area contributed by atoms with E-state index in [0.29, 0.717) is 11.5 Å². The normalized spacial score (nSPS) is 8.65. The van der Waals surface area contributed by atoms with Crippen molar-refractivity contribution in [1.29, 1.82) is 0 Å². The van der Waals surface area contributed by atoms with Crippen LogP contribution in [0.25, 0.3) is 0 Å². The molecular formula is C12H17NO4. The molecule has 5 nitrogen and oxygen atoms in total. The number of nitro groups is 1. The summed E-state index contributed by atoms with van der Waals surface area (Å²) in [6, 6.07) is 4.18. The van der Waals surface area contributed by atoms with E-state index >= 15 is 0 Å². The highest BCUT2D eigenvalue weighted by Crippen LogP contribution is 2.30. The first-order valence-electron chi connectivity index (χ1n) is 5.25. The highest BCUT2D eigenvalue weighted by molar-refractivity contribution is 5.48. The second-order valence-electron chi connectivity index (χ2n) is 2.69. The smallest absolute Gasteiger partial charge is 0.273 e. The van der Waals surface area contributed by atoms with E-state index in [1.807, 2.05) is 13.8 Å². The Morgan fingerprint density at radius 2 is 2.06 bits per heavy atom. The van der Waals surface area contributed by atoms with E-state index in [0.717, 1.165) is 0 Å². The summed E-state index contributed by atoms with van der Waals surface area (Å²) in [6.07, 6.45) is 1.55. The predicted octanol–water partition coefficient (Wildman–Crippen LogP) is 3.19. The monoisotopic (exact) mass is 239 g/mol. The molecule has 0 unspecified atom stereocenters. The van der Waals surface area contributed by atoms with Crippen molar-refractivity contribution in [2.75, 3.05) is 13.7 Å². The molecule has 0 N–H and O–H groups in total. The number of benzene rings is 1. The van der Waals surface area contributed by atoms with Crippen LogP contribution in [0, 0.1) is 10.1 Å². The summed E-state index contributed by atoms with van der Waals surface area (Å²) in [4.78, 5) is 10.0. The summed E-state index contributed by atoms with van der Waals surface area (Å²) >= 11 is 0. The van der Waals surface area contributed by atoms with Gasteiger partial charge in [-0.3, -0.25) is 10.1 Å². The molecule has 1 aromatic rings. The van der Waals surface area contributed by atoms with Crippen molar-refractivity contribution in [2.45, 2.75) is 13.8 Å². The lowest BCUT2D eigenvalue weighted by Crippen LogP contribution is -1.97. The summed E-state index contributed by atoms with van der Waals surface area (Å²) in [5.41, 5.74) is -0.0325. The third-order valence-corrected chi connectivity index (χ3v) is 1.71. The van der Waals surface area contributed by atoms with Gasteiger partial charge in [-0.2, -0.15) is 0 Å². The molecule has 0 spiro atoms. The molecule has 94 valence electrons. The van der Waals surface area contributed by atoms with E-state index in [4.69, 9.17) is 9.47 Å². The SMILES string of the molecule is C=CCOc1cc([N+](=O)[O-])ccc1OC.CC. The van der Waals surface area contributed by atoms with Crippen molar-refractivity contribution in [3.63, 3.8) is 0 Å². The van der Waals surface area contributed by atoms with Crippen LogP contribution in [0.3, 0.4) is 0 Å². The van der Waals surface area contributed by atoms with Gasteiger partial charge in [0, 0.05) is 6.07 Å². The van der Waals surface area contributed by atoms with Crippen LogP contribution >= 0.6 is 0 Å². The van der Waals surface area contributed by atoms with Crippen molar-refractivity contribution in [3.05, 3.63) is 41.0 Å². The van der Waals surface area contributed by atoms with Gasteiger partial charge in [-0.15, -0.1) is 0 Å². The van der Waals surface area contributed by atoms with Gasteiger partial charge in [0.25, 0.3) is 5.69 Å². The van der Waals surface area contributed by atoms with E-state index in [-0.39, 0.29) is 12.3 Å². The van der Waals surface area contributed by atoms with Gasteiger partial charge in [-0.25, -0.2) is 0 Å². The number of hydrogen-bond acceptors (Lipinski definition) is 4. The minimum Gasteiger partial charge on any atom is -0.493 e. The third-order valence-electron chi connectivity index (χ3n) is 1.71. The lowest BCUT2D eigenvalue weighted by Gasteiger charge is -2.08. The highest BCUT2D eigenvalue weighted by Gasteiger charge is 2.11. The Morgan fingerprint density at radius 1 is 1.41 bits per heavy atom. The van der Waals surface area contributed by atoms with Crippen LogP contribution < -0.4 is 9.47 Å². The van der Waals surface area contributed by atoms with Crippen LogP contribution in [0.4, 0.5) is 5.69 Å². The summed E-state index contributed by atoms with van der Waals surface area (Å²) in [5, 5.41) is 10.5. The van der Waals surface area contributed by atoms with Gasteiger partial charge >= 0.3 is 0 Å². The van der Waals surface area contributed by atoms with Gasteiger partial charge in [-0.1, -0.05) is 26.5 Å². The van der Waals surface area contributed by atoms with Crippen LogP contribution in [0.5, 0.6) is 11.5 Å². The molecule has 5 heteroatoms. The molecule has 0 aliphatic rings. The highest BCUT2D eigenvalue weighted by atomic mass is 16.6. The minimum absolute atomic E-state index is 0.0325. The number of nitrogens with zero attached hydrogens (tertiary/aromatic N) is 1. The molecule has 1 rings (SSSR count). The second-order valence-corrected chi connectivity index (χ2v) is 2.69. The van der Waals surface area contributed by atoms with Crippen molar-refractivity contribution >= 4 is 5.69 Å². The maximum absolute atomic E-state index is 10.5. The molecule has 0 aliphatic carbocycles. The molecule has 1 aromatic carbocycles. The van der Waals surface area contributed by atoms with E-state index in [1.165, 1.54) is 25.3 Å². The second kappa shape index (κ2) is 8.15. The van der Waals surface area contributed by atoms with Gasteiger partial charge in [-0.05, 0) is 6.07 Å². The Kier molecular flexibility index (Phi) is 7.17. The van der Waals surface area contributed by atoms with Crippen LogP contribution in [0.1, 0.15) is 13.8 Å². The molecule has 0 heterocycles. The first-order chi connectivity index (χ1) is 8.19. The molecule has 0 bridgehead atoms. The number of non-ortho nitro benzene ring substituents is 1. The van der Waals surface area contributed by atoms with Crippen molar-refractivity contribution in [3.8, 4) is 11.5 Å². The maximum Gasteiger partial charge on any atom is 0.273 e. The fraction of sp³-hybridized carbons (Fsp3) is 0.333. The topological polar surface area (TPSA) is 61.6 Å². The summed E-state index contributed by atoms with van der Waals surface area (Å²) in [7, 11) is 1.47. The number of methoxy groups -OCH3 is 1. The first-order valence-corrected chi connectivity index (χ1v) is 5.25. The number of ether oxygens (including phenoxy) is 2. The Bertz CT molecular complexity index is 377. The molecule has 0 saturated carbocycles. The van der Waals surface area contributed by atoms with E-state index in [9.17, 15) is 10.1 Å². The van der Waals surface area contributed by atoms with Crippen LogP contribution in [0.15, 0.2) is 30.9 Å². The third kappa shape index (κ3) is 4.55. The van der Waals surface area contributed by atoms with E-state index < -0.39 is 4.92 Å². The summed E-state index contributed by atoms with van der Waals surface area (Å²) in [6.45, 7) is 7.76. The Labute approximate surface area is 101 Å². The van der Waals surface area contributed by atoms with Crippen LogP contribution in [-0.2, 0) is 0 Å². The molecule has 0 aliphatic heterocycles. The minimum atomic E-state index is -0.486. The number of nitro benzene ring substituents is 1. The zero-order chi connectivity index (χ0) is 13.3. The molecule has 0 saturated heterocycles. The fourth-order valence-electron chi connectivity index (χ4n) is 1.04. The van der Waals surface area contributed by atoms with Crippen molar-refractivity contribution in [1.82, 2.24) is 0 Å². The van der Waals surface area contributed by atoms with Crippen LogP contribution in [-0.4, -0.2) is 18.6 Å². The van der Waals surface area contributed by atoms with Crippen molar-refractivity contribution in [2.24, 2.45) is 0 Å². The molecular weight excluding hydrogens is 222 g/mol. The molecule has 0 radical (unpaired) electrons. The van der Waals surface area contributed by atoms with Gasteiger partial charge in [0.2, 0.25) is 0 Å². The lowest BCUT2D eigenvalue weighted by molar-refractivity contribution is -0.385. The van der Waals surface area contributed by atoms with Gasteiger partial charge in [0.05, 0.1) is 18.1 Å². The number of hydrogen-bond donors (Lipinski definition) is 0. The maximum atomic E-state index is 10.5. The molecule has 0 atom stereocenters. The van der Waals surface area contributed by atoms with Crippen molar-refractivity contribution < 1.29 is 14.4 Å². The molecule has 0 amide bonds. The van der Waals surface area contributed by atoms with E-state index in [1.54, 1.807) is 6.08 Å². The number of rotatable bonds is 5. The van der Waals surface area contributed by atoms with E-state index in [2.05, 4.69) is 6.58 Å². The molecule has 17 heavy (non-hydrogen) atoms. The average molecular weight is 239 g/mol. The Morgan fingerprint density at radius 3 is 2.53 bits per heavy atom. The van der Waals surface area contributed by atoms with Gasteiger partial charge in [0.1, 0.15) is 6.61 Å². The standard InChI is InChI=1S/C10H11NO4.C2H6/c1-3-6-15-10-7-8(11(12)13)4-5-9(10)14-2;1-2/h3-5,7H,1,6H2,2H3;1-2H3. The fourth-order valence-corrected chi connectivity index (χ4v) is 1.04. The Balaban J connectivity index is 0.00000121.